The Hall–Kier alpha value is -1.47. The molecule has 6 nitrogen and oxygen atoms in total. The maximum atomic E-state index is 11.8. The molecular weight excluding hydrogens is 296 g/mol. The number of ether oxygens (including phenoxy) is 1. The molecule has 1 aromatic carbocycles. The number of nitrogens with one attached hydrogen (secondary N) is 1. The lowest BCUT2D eigenvalue weighted by Crippen LogP contribution is -2.41. The number of aliphatic hydroxyl groups excluding tert-OH is 1. The summed E-state index contributed by atoms with van der Waals surface area (Å²) < 4.78 is 4.80. The van der Waals surface area contributed by atoms with Gasteiger partial charge < -0.3 is 9.84 Å². The molecule has 7 heteroatoms. The van der Waals surface area contributed by atoms with Crippen LogP contribution < -0.4 is 5.32 Å². The maximum Gasteiger partial charge on any atom is 0.257 e. The Balaban J connectivity index is 2.42. The molecule has 0 heterocycles. The summed E-state index contributed by atoms with van der Waals surface area (Å²) in [5.74, 6) is -0.926. The number of carbonyl (C=O) groups excluding carboxylic acids is 2. The number of aliphatic hydroxyl groups is 1. The summed E-state index contributed by atoms with van der Waals surface area (Å²) in [6.45, 7) is 0.464. The number of imide groups is 1. The predicted molar refractivity (Wildman–Crippen MR) is 79.3 cm³/mol. The third-order valence-corrected chi connectivity index (χ3v) is 2.91. The van der Waals surface area contributed by atoms with Crippen molar-refractivity contribution in [2.75, 3.05) is 33.9 Å². The van der Waals surface area contributed by atoms with Crippen molar-refractivity contribution in [3.63, 3.8) is 0 Å². The number of hydrogen-bond acceptors (Lipinski definition) is 5. The first-order chi connectivity index (χ1) is 9.92. The van der Waals surface area contributed by atoms with E-state index in [-0.39, 0.29) is 19.7 Å². The summed E-state index contributed by atoms with van der Waals surface area (Å²) in [6.07, 6.45) is -0.681. The van der Waals surface area contributed by atoms with Crippen LogP contribution >= 0.6 is 11.6 Å². The van der Waals surface area contributed by atoms with Gasteiger partial charge in [0, 0.05) is 24.2 Å². The van der Waals surface area contributed by atoms with Gasteiger partial charge in [0.25, 0.3) is 5.91 Å². The highest BCUT2D eigenvalue weighted by atomic mass is 35.5. The summed E-state index contributed by atoms with van der Waals surface area (Å²) in [5, 5.41) is 12.3. The molecule has 0 aliphatic rings. The fourth-order valence-electron chi connectivity index (χ4n) is 1.75. The van der Waals surface area contributed by atoms with Crippen molar-refractivity contribution < 1.29 is 19.4 Å². The summed E-state index contributed by atoms with van der Waals surface area (Å²) in [7, 11) is 3.16. The topological polar surface area (TPSA) is 78.9 Å². The summed E-state index contributed by atoms with van der Waals surface area (Å²) in [5.41, 5.74) is 0.356. The van der Waals surface area contributed by atoms with Gasteiger partial charge in [-0.1, -0.05) is 11.6 Å². The molecule has 1 rings (SSSR count). The molecule has 0 aromatic heterocycles. The second kappa shape index (κ2) is 8.74. The van der Waals surface area contributed by atoms with E-state index in [1.165, 1.54) is 19.2 Å². The molecule has 0 bridgehead atoms. The number of rotatable bonds is 7. The van der Waals surface area contributed by atoms with Crippen molar-refractivity contribution in [1.29, 1.82) is 0 Å². The van der Waals surface area contributed by atoms with Crippen molar-refractivity contribution in [2.24, 2.45) is 0 Å². The largest absolute Gasteiger partial charge is 0.389 e. The van der Waals surface area contributed by atoms with E-state index in [2.05, 4.69) is 5.32 Å². The van der Waals surface area contributed by atoms with Gasteiger partial charge in [0.1, 0.15) is 0 Å². The van der Waals surface area contributed by atoms with Gasteiger partial charge in [-0.3, -0.25) is 19.8 Å². The van der Waals surface area contributed by atoms with Gasteiger partial charge in [-0.15, -0.1) is 0 Å². The van der Waals surface area contributed by atoms with Gasteiger partial charge in [0.2, 0.25) is 5.91 Å². The van der Waals surface area contributed by atoms with Crippen molar-refractivity contribution in [3.8, 4) is 0 Å². The van der Waals surface area contributed by atoms with Gasteiger partial charge in [0.05, 0.1) is 19.3 Å². The van der Waals surface area contributed by atoms with Crippen LogP contribution in [0.2, 0.25) is 5.02 Å². The smallest absolute Gasteiger partial charge is 0.257 e. The van der Waals surface area contributed by atoms with E-state index in [9.17, 15) is 14.7 Å². The van der Waals surface area contributed by atoms with Gasteiger partial charge in [-0.25, -0.2) is 0 Å². The molecule has 0 saturated carbocycles. The molecule has 2 N–H and O–H groups in total. The zero-order valence-corrected chi connectivity index (χ0v) is 12.8. The predicted octanol–water partition coefficient (Wildman–Crippen LogP) is 0.535. The summed E-state index contributed by atoms with van der Waals surface area (Å²) in [6, 6.07) is 6.23. The minimum atomic E-state index is -0.681. The molecule has 0 saturated heterocycles. The van der Waals surface area contributed by atoms with Crippen LogP contribution in [-0.2, 0) is 9.53 Å². The number of halogens is 1. The van der Waals surface area contributed by atoms with E-state index in [1.54, 1.807) is 24.1 Å². The van der Waals surface area contributed by atoms with Crippen LogP contribution in [0.25, 0.3) is 0 Å². The zero-order chi connectivity index (χ0) is 15.8. The first-order valence-corrected chi connectivity index (χ1v) is 6.75. The number of hydrogen-bond donors (Lipinski definition) is 2. The molecule has 1 atom stereocenters. The van der Waals surface area contributed by atoms with Crippen LogP contribution in [-0.4, -0.2) is 61.8 Å². The molecule has 116 valence electrons. The van der Waals surface area contributed by atoms with Crippen LogP contribution in [0.5, 0.6) is 0 Å². The van der Waals surface area contributed by atoms with Crippen LogP contribution in [0.3, 0.4) is 0 Å². The Bertz CT molecular complexity index is 478. The third-order valence-electron chi connectivity index (χ3n) is 2.65. The Kier molecular flexibility index (Phi) is 7.31. The maximum absolute atomic E-state index is 11.8. The number of likely N-dealkylation sites (N-methyl/N-ethyl adjacent to an activating group) is 1. The minimum Gasteiger partial charge on any atom is -0.389 e. The van der Waals surface area contributed by atoms with E-state index in [0.29, 0.717) is 10.6 Å². The van der Waals surface area contributed by atoms with Gasteiger partial charge in [0.15, 0.2) is 0 Å². The lowest BCUT2D eigenvalue weighted by Gasteiger charge is -2.19. The molecule has 0 aliphatic carbocycles. The van der Waals surface area contributed by atoms with E-state index in [0.717, 1.165) is 0 Å². The normalized spacial score (nSPS) is 12.2. The number of amides is 2. The average molecular weight is 315 g/mol. The highest BCUT2D eigenvalue weighted by molar-refractivity contribution is 6.30. The Morgan fingerprint density at radius 2 is 2.00 bits per heavy atom. The second-order valence-corrected chi connectivity index (χ2v) is 5.13. The monoisotopic (exact) mass is 314 g/mol. The first kappa shape index (κ1) is 17.6. The van der Waals surface area contributed by atoms with Gasteiger partial charge >= 0.3 is 0 Å². The van der Waals surface area contributed by atoms with E-state index < -0.39 is 17.9 Å². The highest BCUT2D eigenvalue weighted by Gasteiger charge is 2.14. The van der Waals surface area contributed by atoms with Crippen molar-refractivity contribution >= 4 is 23.4 Å². The van der Waals surface area contributed by atoms with Crippen molar-refractivity contribution in [3.05, 3.63) is 34.9 Å². The number of methoxy groups -OCH3 is 1. The summed E-state index contributed by atoms with van der Waals surface area (Å²) in [4.78, 5) is 25.1. The van der Waals surface area contributed by atoms with Gasteiger partial charge in [-0.05, 0) is 31.3 Å². The molecule has 0 fully saturated rings. The highest BCUT2D eigenvalue weighted by Crippen LogP contribution is 2.09. The van der Waals surface area contributed by atoms with E-state index >= 15 is 0 Å². The molecule has 0 radical (unpaired) electrons. The molecule has 1 aromatic rings. The quantitative estimate of drug-likeness (QED) is 0.768. The lowest BCUT2D eigenvalue weighted by molar-refractivity contribution is -0.121. The third kappa shape index (κ3) is 6.68. The summed E-state index contributed by atoms with van der Waals surface area (Å²) >= 11 is 5.73. The van der Waals surface area contributed by atoms with Crippen LogP contribution in [0.4, 0.5) is 0 Å². The SMILES string of the molecule is COCC(O)CN(C)CC(=O)NC(=O)c1ccc(Cl)cc1. The number of carbonyl (C=O) groups is 2. The Morgan fingerprint density at radius 3 is 2.57 bits per heavy atom. The van der Waals surface area contributed by atoms with Crippen LogP contribution in [0.1, 0.15) is 10.4 Å². The molecule has 0 spiro atoms. The van der Waals surface area contributed by atoms with Crippen LogP contribution in [0.15, 0.2) is 24.3 Å². The first-order valence-electron chi connectivity index (χ1n) is 6.37. The Labute approximate surface area is 128 Å². The molecule has 2 amide bonds. The number of nitrogens with zero attached hydrogens (tertiary/aromatic N) is 1. The minimum absolute atomic E-state index is 0.000103. The van der Waals surface area contributed by atoms with Crippen LogP contribution in [0, 0.1) is 0 Å². The van der Waals surface area contributed by atoms with Crippen molar-refractivity contribution in [1.82, 2.24) is 10.2 Å². The lowest BCUT2D eigenvalue weighted by atomic mass is 10.2. The fraction of sp³-hybridized carbons (Fsp3) is 0.429. The van der Waals surface area contributed by atoms with E-state index in [1.807, 2.05) is 0 Å². The van der Waals surface area contributed by atoms with Gasteiger partial charge in [-0.2, -0.15) is 0 Å². The molecule has 21 heavy (non-hydrogen) atoms. The standard InChI is InChI=1S/C14H19ClN2O4/c1-17(7-12(18)9-21-2)8-13(19)16-14(20)10-3-5-11(15)6-4-10/h3-6,12,18H,7-9H2,1-2H3,(H,16,19,20). The van der Waals surface area contributed by atoms with E-state index in [4.69, 9.17) is 16.3 Å². The fourth-order valence-corrected chi connectivity index (χ4v) is 1.88. The second-order valence-electron chi connectivity index (χ2n) is 4.69. The molecular formula is C14H19ClN2O4. The van der Waals surface area contributed by atoms with Crippen molar-refractivity contribution in [2.45, 2.75) is 6.10 Å². The number of benzene rings is 1. The zero-order valence-electron chi connectivity index (χ0n) is 12.0. The Morgan fingerprint density at radius 1 is 1.38 bits per heavy atom. The molecule has 0 aliphatic heterocycles. The molecule has 1 unspecified atom stereocenters. The average Bonchev–Trinajstić information content (AvgIpc) is 2.38.